The molecule has 0 radical (unpaired) electrons. The fourth-order valence-corrected chi connectivity index (χ4v) is 1.46. The molecule has 0 saturated carbocycles. The zero-order chi connectivity index (χ0) is 10.1. The van der Waals surface area contributed by atoms with Gasteiger partial charge < -0.3 is 0 Å². The Hall–Kier alpha value is 0.320. The Bertz CT molecular complexity index is 130. The van der Waals surface area contributed by atoms with E-state index in [0.29, 0.717) is 0 Å². The summed E-state index contributed by atoms with van der Waals surface area (Å²) in [5.41, 5.74) is 0. The van der Waals surface area contributed by atoms with E-state index in [9.17, 15) is 0 Å². The van der Waals surface area contributed by atoms with Gasteiger partial charge in [-0.05, 0) is 13.3 Å². The van der Waals surface area contributed by atoms with Crippen LogP contribution >= 0.6 is 23.2 Å². The minimum atomic E-state index is 0.0943. The SMILES string of the molecule is CCCCCCC(Cl)C=CC(C)Cl. The number of hydrogen-bond donors (Lipinski definition) is 0. The molecule has 0 aromatic carbocycles. The first-order valence-electron chi connectivity index (χ1n) is 5.13. The van der Waals surface area contributed by atoms with E-state index in [4.69, 9.17) is 23.2 Å². The van der Waals surface area contributed by atoms with Crippen LogP contribution in [0.2, 0.25) is 0 Å². The van der Waals surface area contributed by atoms with Crippen LogP contribution in [0.3, 0.4) is 0 Å². The van der Waals surface area contributed by atoms with E-state index < -0.39 is 0 Å². The van der Waals surface area contributed by atoms with Crippen LogP contribution in [-0.4, -0.2) is 10.8 Å². The molecule has 13 heavy (non-hydrogen) atoms. The summed E-state index contributed by atoms with van der Waals surface area (Å²) in [4.78, 5) is 0. The van der Waals surface area contributed by atoms with E-state index >= 15 is 0 Å². The summed E-state index contributed by atoms with van der Waals surface area (Å²) in [6.07, 6.45) is 10.2. The maximum atomic E-state index is 6.06. The molecule has 0 amide bonds. The van der Waals surface area contributed by atoms with E-state index in [1.807, 2.05) is 19.1 Å². The summed E-state index contributed by atoms with van der Waals surface area (Å²) >= 11 is 11.8. The Morgan fingerprint density at radius 1 is 1.08 bits per heavy atom. The zero-order valence-electron chi connectivity index (χ0n) is 8.60. The lowest BCUT2D eigenvalue weighted by Crippen LogP contribution is -1.95. The molecule has 0 aliphatic heterocycles. The number of allylic oxidation sites excluding steroid dienone is 2. The predicted octanol–water partition coefficient (Wildman–Crippen LogP) is 4.75. The number of unbranched alkanes of at least 4 members (excludes halogenated alkanes) is 3. The molecule has 0 heterocycles. The van der Waals surface area contributed by atoms with E-state index in [-0.39, 0.29) is 10.8 Å². The normalized spacial score (nSPS) is 16.3. The molecule has 78 valence electrons. The Kier molecular flexibility index (Phi) is 9.12. The summed E-state index contributed by atoms with van der Waals surface area (Å²) < 4.78 is 0. The third-order valence-corrected chi connectivity index (χ3v) is 2.43. The Labute approximate surface area is 92.3 Å². The number of halogens is 2. The molecule has 0 aromatic rings. The largest absolute Gasteiger partial charge is 0.119 e. The van der Waals surface area contributed by atoms with E-state index in [1.54, 1.807) is 0 Å². The van der Waals surface area contributed by atoms with Gasteiger partial charge in [-0.1, -0.05) is 44.8 Å². The highest BCUT2D eigenvalue weighted by atomic mass is 35.5. The van der Waals surface area contributed by atoms with Gasteiger partial charge in [0.1, 0.15) is 0 Å². The van der Waals surface area contributed by atoms with Gasteiger partial charge in [0.05, 0.1) is 5.38 Å². The zero-order valence-corrected chi connectivity index (χ0v) is 10.1. The lowest BCUT2D eigenvalue weighted by molar-refractivity contribution is 0.639. The van der Waals surface area contributed by atoms with Crippen molar-refractivity contribution in [3.05, 3.63) is 12.2 Å². The summed E-state index contributed by atoms with van der Waals surface area (Å²) in [6, 6.07) is 0. The van der Waals surface area contributed by atoms with Gasteiger partial charge in [-0.15, -0.1) is 23.2 Å². The van der Waals surface area contributed by atoms with Gasteiger partial charge in [-0.25, -0.2) is 0 Å². The number of alkyl halides is 2. The number of rotatable bonds is 7. The maximum absolute atomic E-state index is 6.06. The smallest absolute Gasteiger partial charge is 0.0516 e. The van der Waals surface area contributed by atoms with Crippen molar-refractivity contribution in [1.82, 2.24) is 0 Å². The number of hydrogen-bond acceptors (Lipinski definition) is 0. The van der Waals surface area contributed by atoms with Crippen LogP contribution in [0, 0.1) is 0 Å². The standard InChI is InChI=1S/C11H20Cl2/c1-3-4-5-6-7-11(13)9-8-10(2)12/h8-11H,3-7H2,1-2H3. The molecule has 2 unspecified atom stereocenters. The van der Waals surface area contributed by atoms with Crippen LogP contribution in [-0.2, 0) is 0 Å². The van der Waals surface area contributed by atoms with Crippen LogP contribution in [0.4, 0.5) is 0 Å². The molecule has 0 aromatic heterocycles. The predicted molar refractivity (Wildman–Crippen MR) is 62.9 cm³/mol. The van der Waals surface area contributed by atoms with Crippen LogP contribution in [0.15, 0.2) is 12.2 Å². The topological polar surface area (TPSA) is 0 Å². The quantitative estimate of drug-likeness (QED) is 0.332. The highest BCUT2D eigenvalue weighted by molar-refractivity contribution is 6.22. The molecule has 0 bridgehead atoms. The maximum Gasteiger partial charge on any atom is 0.0516 e. The summed E-state index contributed by atoms with van der Waals surface area (Å²) in [5.74, 6) is 0. The van der Waals surface area contributed by atoms with Gasteiger partial charge in [-0.2, -0.15) is 0 Å². The molecule has 0 aliphatic rings. The molecular formula is C11H20Cl2. The van der Waals surface area contributed by atoms with Crippen molar-refractivity contribution in [3.8, 4) is 0 Å². The Balaban J connectivity index is 3.34. The summed E-state index contributed by atoms with van der Waals surface area (Å²) in [6.45, 7) is 4.16. The monoisotopic (exact) mass is 222 g/mol. The van der Waals surface area contributed by atoms with E-state index in [1.165, 1.54) is 25.7 Å². The van der Waals surface area contributed by atoms with Crippen molar-refractivity contribution in [2.75, 3.05) is 0 Å². The molecular weight excluding hydrogens is 203 g/mol. The van der Waals surface area contributed by atoms with Gasteiger partial charge in [0.15, 0.2) is 0 Å². The van der Waals surface area contributed by atoms with Crippen molar-refractivity contribution in [2.24, 2.45) is 0 Å². The molecule has 2 heteroatoms. The second-order valence-electron chi connectivity index (χ2n) is 3.43. The second-order valence-corrected chi connectivity index (χ2v) is 4.68. The van der Waals surface area contributed by atoms with Crippen molar-refractivity contribution in [3.63, 3.8) is 0 Å². The van der Waals surface area contributed by atoms with Gasteiger partial charge in [0.2, 0.25) is 0 Å². The van der Waals surface area contributed by atoms with Crippen molar-refractivity contribution in [1.29, 1.82) is 0 Å². The lowest BCUT2D eigenvalue weighted by Gasteiger charge is -2.03. The van der Waals surface area contributed by atoms with Gasteiger partial charge in [-0.3, -0.25) is 0 Å². The third-order valence-electron chi connectivity index (χ3n) is 1.92. The van der Waals surface area contributed by atoms with Crippen LogP contribution < -0.4 is 0 Å². The van der Waals surface area contributed by atoms with E-state index in [2.05, 4.69) is 6.92 Å². The van der Waals surface area contributed by atoms with Crippen LogP contribution in [0.5, 0.6) is 0 Å². The molecule has 0 aliphatic carbocycles. The first-order valence-corrected chi connectivity index (χ1v) is 6.00. The summed E-state index contributed by atoms with van der Waals surface area (Å²) in [5, 5.41) is 0.259. The minimum Gasteiger partial charge on any atom is -0.119 e. The molecule has 0 fully saturated rings. The molecule has 0 spiro atoms. The van der Waals surface area contributed by atoms with Gasteiger partial charge in [0, 0.05) is 5.38 Å². The van der Waals surface area contributed by atoms with Gasteiger partial charge >= 0.3 is 0 Å². The van der Waals surface area contributed by atoms with Crippen LogP contribution in [0.1, 0.15) is 46.0 Å². The molecule has 0 saturated heterocycles. The fourth-order valence-electron chi connectivity index (χ4n) is 1.14. The first-order chi connectivity index (χ1) is 6.16. The highest BCUT2D eigenvalue weighted by Gasteiger charge is 1.99. The molecule has 0 rings (SSSR count). The molecule has 0 N–H and O–H groups in total. The average Bonchev–Trinajstić information content (AvgIpc) is 2.09. The first kappa shape index (κ1) is 13.3. The van der Waals surface area contributed by atoms with Crippen molar-refractivity contribution >= 4 is 23.2 Å². The van der Waals surface area contributed by atoms with Crippen molar-refractivity contribution in [2.45, 2.75) is 56.7 Å². The fraction of sp³-hybridized carbons (Fsp3) is 0.818. The van der Waals surface area contributed by atoms with Crippen LogP contribution in [0.25, 0.3) is 0 Å². The van der Waals surface area contributed by atoms with Gasteiger partial charge in [0.25, 0.3) is 0 Å². The Morgan fingerprint density at radius 3 is 2.31 bits per heavy atom. The molecule has 0 nitrogen and oxygen atoms in total. The average molecular weight is 223 g/mol. The minimum absolute atomic E-state index is 0.0943. The summed E-state index contributed by atoms with van der Waals surface area (Å²) in [7, 11) is 0. The second kappa shape index (κ2) is 8.90. The molecule has 2 atom stereocenters. The lowest BCUT2D eigenvalue weighted by atomic mass is 10.1. The third kappa shape index (κ3) is 10.2. The van der Waals surface area contributed by atoms with Crippen molar-refractivity contribution < 1.29 is 0 Å². The Morgan fingerprint density at radius 2 is 1.77 bits per heavy atom. The van der Waals surface area contributed by atoms with E-state index in [0.717, 1.165) is 6.42 Å². The highest BCUT2D eigenvalue weighted by Crippen LogP contribution is 2.12.